The number of benzene rings is 1. The number of hydrogen-bond acceptors (Lipinski definition) is 12. The summed E-state index contributed by atoms with van der Waals surface area (Å²) in [5, 5.41) is 40.3. The molecule has 1 aromatic carbocycles. The Morgan fingerprint density at radius 2 is 1.84 bits per heavy atom. The number of alkyl carbamates (subject to hydrolysis) is 1. The molecule has 4 rings (SSSR count). The summed E-state index contributed by atoms with van der Waals surface area (Å²) in [5.74, 6) is -6.71. The van der Waals surface area contributed by atoms with Crippen molar-refractivity contribution in [2.45, 2.75) is 63.6 Å². The van der Waals surface area contributed by atoms with Crippen molar-refractivity contribution in [3.8, 4) is 5.75 Å². The number of fused-ring (bicyclic) bond motifs is 3. The van der Waals surface area contributed by atoms with E-state index in [9.17, 15) is 39.4 Å². The third-order valence-corrected chi connectivity index (χ3v) is 9.01. The number of ketones is 2. The largest absolute Gasteiger partial charge is 0.508 e. The van der Waals surface area contributed by atoms with Gasteiger partial charge in [-0.15, -0.1) is 4.91 Å². The highest BCUT2D eigenvalue weighted by molar-refractivity contribution is 6.25. The molecular formula is C31H41N5O9. The number of aromatic hydroxyl groups is 1. The minimum atomic E-state index is -2.76. The SMILES string of the molecule is CCCCCCOC(=O)NCc1cc(N(C)C)c2c(c1O)C(=O)C1=C(O)[C@]3(O)C(=O)C(C(N)=O)=C(N=O)[C@@H](N(C)C)[C@@H]3C[C@@H]1C2. The molecule has 0 saturated carbocycles. The summed E-state index contributed by atoms with van der Waals surface area (Å²) in [6.45, 7) is 2.15. The lowest BCUT2D eigenvalue weighted by Crippen LogP contribution is -2.63. The van der Waals surface area contributed by atoms with Gasteiger partial charge in [-0.25, -0.2) is 4.79 Å². The minimum Gasteiger partial charge on any atom is -0.508 e. The summed E-state index contributed by atoms with van der Waals surface area (Å²) >= 11 is 0. The van der Waals surface area contributed by atoms with Gasteiger partial charge in [0.2, 0.25) is 5.78 Å². The second-order valence-electron chi connectivity index (χ2n) is 12.3. The summed E-state index contributed by atoms with van der Waals surface area (Å²) in [6.07, 6.45) is 3.14. The lowest BCUT2D eigenvalue weighted by Gasteiger charge is -2.50. The number of unbranched alkanes of at least 4 members (excludes halogenated alkanes) is 3. The number of rotatable bonds is 11. The van der Waals surface area contributed by atoms with E-state index in [0.717, 1.165) is 25.7 Å². The number of nitrogens with two attached hydrogens (primary N) is 1. The topological polar surface area (TPSA) is 212 Å². The standard InChI is InChI=1S/C31H41N5O9/c1-6-7-8-9-10-45-30(42)33-14-16-13-19(35(2)3)17-11-15-12-18-24(36(4)5)23(34-44)22(29(32)41)28(40)31(18,43)27(39)20(15)26(38)21(17)25(16)37/h13,15,18,24,37,39,43H,6-12,14H2,1-5H3,(H2,32,41)(H,33,42)/t15-,18-,24-,31-/m0/s1. The van der Waals surface area contributed by atoms with Gasteiger partial charge in [-0.05, 0) is 56.1 Å². The highest BCUT2D eigenvalue weighted by Crippen LogP contribution is 2.53. The second kappa shape index (κ2) is 13.0. The fraction of sp³-hybridized carbons (Fsp3) is 0.548. The van der Waals surface area contributed by atoms with Crippen LogP contribution in [0, 0.1) is 16.7 Å². The Labute approximate surface area is 260 Å². The number of nitroso groups, excluding NO2 is 1. The van der Waals surface area contributed by atoms with Gasteiger partial charge in [0.25, 0.3) is 5.91 Å². The molecule has 6 N–H and O–H groups in total. The van der Waals surface area contributed by atoms with Crippen molar-refractivity contribution in [2.75, 3.05) is 39.7 Å². The number of Topliss-reactive ketones (excluding diaryl/α,β-unsaturated/α-hetero) is 2. The number of ether oxygens (including phenoxy) is 1. The Morgan fingerprint density at radius 3 is 2.42 bits per heavy atom. The first-order valence-electron chi connectivity index (χ1n) is 15.0. The molecule has 1 aromatic rings. The smallest absolute Gasteiger partial charge is 0.407 e. The number of likely N-dealkylation sites (N-methyl/N-ethyl adjacent to an activating group) is 1. The van der Waals surface area contributed by atoms with Crippen LogP contribution in [0.25, 0.3) is 0 Å². The number of nitrogens with one attached hydrogen (secondary N) is 1. The molecule has 0 radical (unpaired) electrons. The Balaban J connectivity index is 1.77. The summed E-state index contributed by atoms with van der Waals surface area (Å²) in [5.41, 5.74) is 2.21. The number of allylic oxidation sites excluding steroid dienone is 1. The van der Waals surface area contributed by atoms with Crippen LogP contribution in [0.1, 0.15) is 60.5 Å². The first kappa shape index (κ1) is 33.6. The van der Waals surface area contributed by atoms with E-state index in [-0.39, 0.29) is 42.7 Å². The van der Waals surface area contributed by atoms with Gasteiger partial charge in [0, 0.05) is 43.4 Å². The fourth-order valence-electron chi connectivity index (χ4n) is 6.90. The molecule has 244 valence electrons. The number of carbonyl (C=O) groups is 4. The molecule has 2 amide bonds. The van der Waals surface area contributed by atoms with E-state index < -0.39 is 69.8 Å². The van der Waals surface area contributed by atoms with Gasteiger partial charge in [0.1, 0.15) is 22.8 Å². The predicted molar refractivity (Wildman–Crippen MR) is 163 cm³/mol. The number of hydrogen-bond donors (Lipinski definition) is 5. The highest BCUT2D eigenvalue weighted by atomic mass is 16.5. The Bertz CT molecular complexity index is 1500. The number of aliphatic hydroxyl groups is 2. The molecule has 0 fully saturated rings. The number of primary amides is 1. The third kappa shape index (κ3) is 5.68. The van der Waals surface area contributed by atoms with Crippen molar-refractivity contribution in [3.63, 3.8) is 0 Å². The van der Waals surface area contributed by atoms with Crippen LogP contribution in [0.15, 0.2) is 33.8 Å². The third-order valence-electron chi connectivity index (χ3n) is 9.01. The van der Waals surface area contributed by atoms with Gasteiger partial charge in [-0.1, -0.05) is 26.2 Å². The van der Waals surface area contributed by atoms with Crippen molar-refractivity contribution in [2.24, 2.45) is 22.7 Å². The summed E-state index contributed by atoms with van der Waals surface area (Å²) in [4.78, 5) is 67.5. The van der Waals surface area contributed by atoms with Gasteiger partial charge in [0.05, 0.1) is 18.2 Å². The minimum absolute atomic E-state index is 0.0399. The second-order valence-corrected chi connectivity index (χ2v) is 12.3. The lowest BCUT2D eigenvalue weighted by molar-refractivity contribution is -0.146. The molecule has 0 spiro atoms. The van der Waals surface area contributed by atoms with Gasteiger partial charge in [-0.3, -0.25) is 14.4 Å². The number of amides is 2. The molecule has 3 aliphatic carbocycles. The number of carbonyl (C=O) groups excluding carboxylic acids is 4. The van der Waals surface area contributed by atoms with E-state index in [1.165, 1.54) is 4.90 Å². The van der Waals surface area contributed by atoms with Crippen LogP contribution in [-0.2, 0) is 27.3 Å². The van der Waals surface area contributed by atoms with E-state index >= 15 is 0 Å². The van der Waals surface area contributed by atoms with E-state index in [1.807, 2.05) is 0 Å². The molecule has 0 bridgehead atoms. The van der Waals surface area contributed by atoms with Crippen LogP contribution >= 0.6 is 0 Å². The van der Waals surface area contributed by atoms with Crippen LogP contribution < -0.4 is 16.0 Å². The predicted octanol–water partition coefficient (Wildman–Crippen LogP) is 2.20. The Kier molecular flexibility index (Phi) is 9.68. The maximum Gasteiger partial charge on any atom is 0.407 e. The zero-order chi connectivity index (χ0) is 33.4. The Hall–Kier alpha value is -4.30. The van der Waals surface area contributed by atoms with Crippen molar-refractivity contribution in [1.82, 2.24) is 10.2 Å². The van der Waals surface area contributed by atoms with Crippen LogP contribution in [0.4, 0.5) is 10.5 Å². The molecule has 0 aliphatic heterocycles. The number of aliphatic hydroxyl groups excluding tert-OH is 1. The number of phenolic OH excluding ortho intramolecular Hbond substituents is 1. The van der Waals surface area contributed by atoms with Crippen molar-refractivity contribution in [3.05, 3.63) is 50.3 Å². The van der Waals surface area contributed by atoms with Crippen LogP contribution in [0.3, 0.4) is 0 Å². The van der Waals surface area contributed by atoms with Crippen molar-refractivity contribution in [1.29, 1.82) is 0 Å². The van der Waals surface area contributed by atoms with Crippen LogP contribution in [-0.4, -0.2) is 90.2 Å². The number of anilines is 1. The maximum atomic E-state index is 14.1. The van der Waals surface area contributed by atoms with Crippen LogP contribution in [0.5, 0.6) is 5.75 Å². The molecule has 0 aromatic heterocycles. The molecule has 0 saturated heterocycles. The molecule has 0 unspecified atom stereocenters. The highest BCUT2D eigenvalue weighted by Gasteiger charge is 2.63. The van der Waals surface area contributed by atoms with Crippen LogP contribution in [0.2, 0.25) is 0 Å². The first-order valence-corrected chi connectivity index (χ1v) is 15.0. The summed E-state index contributed by atoms with van der Waals surface area (Å²) in [6, 6.07) is 0.564. The number of nitrogens with zero attached hydrogens (tertiary/aromatic N) is 3. The van der Waals surface area contributed by atoms with Gasteiger partial charge >= 0.3 is 6.09 Å². The molecule has 3 aliphatic rings. The molecule has 4 atom stereocenters. The van der Waals surface area contributed by atoms with Gasteiger partial charge in [-0.2, -0.15) is 0 Å². The van der Waals surface area contributed by atoms with Gasteiger partial charge < -0.3 is 40.9 Å². The molecule has 14 heteroatoms. The van der Waals surface area contributed by atoms with E-state index in [4.69, 9.17) is 10.5 Å². The summed E-state index contributed by atoms with van der Waals surface area (Å²) < 4.78 is 5.21. The molecule has 14 nitrogen and oxygen atoms in total. The van der Waals surface area contributed by atoms with E-state index in [1.54, 1.807) is 39.2 Å². The average Bonchev–Trinajstić information content (AvgIpc) is 2.97. The monoisotopic (exact) mass is 627 g/mol. The van der Waals surface area contributed by atoms with Crippen molar-refractivity contribution >= 4 is 29.3 Å². The quantitative estimate of drug-likeness (QED) is 0.136. The maximum absolute atomic E-state index is 14.1. The first-order chi connectivity index (χ1) is 21.2. The zero-order valence-electron chi connectivity index (χ0n) is 26.2. The average molecular weight is 628 g/mol. The zero-order valence-corrected chi connectivity index (χ0v) is 26.2. The molecule has 0 heterocycles. The van der Waals surface area contributed by atoms with Gasteiger partial charge in [0.15, 0.2) is 11.4 Å². The fourth-order valence-corrected chi connectivity index (χ4v) is 6.90. The van der Waals surface area contributed by atoms with E-state index in [2.05, 4.69) is 17.4 Å². The molecule has 45 heavy (non-hydrogen) atoms. The number of phenols is 1. The Morgan fingerprint density at radius 1 is 1.16 bits per heavy atom. The lowest BCUT2D eigenvalue weighted by atomic mass is 9.58. The molecular weight excluding hydrogens is 586 g/mol. The van der Waals surface area contributed by atoms with E-state index in [0.29, 0.717) is 11.3 Å². The normalized spacial score (nSPS) is 24.2. The summed E-state index contributed by atoms with van der Waals surface area (Å²) in [7, 11) is 6.62. The van der Waals surface area contributed by atoms with Crippen molar-refractivity contribution < 1.29 is 39.2 Å².